The third kappa shape index (κ3) is 4.80. The van der Waals surface area contributed by atoms with E-state index in [2.05, 4.69) is 17.6 Å². The van der Waals surface area contributed by atoms with E-state index in [4.69, 9.17) is 0 Å². The van der Waals surface area contributed by atoms with Gasteiger partial charge in [-0.25, -0.2) is 8.42 Å². The van der Waals surface area contributed by atoms with Gasteiger partial charge >= 0.3 is 0 Å². The van der Waals surface area contributed by atoms with E-state index < -0.39 is 9.84 Å². The predicted molar refractivity (Wildman–Crippen MR) is 67.5 cm³/mol. The molecule has 0 aromatic heterocycles. The first-order valence-corrected chi connectivity index (χ1v) is 8.01. The van der Waals surface area contributed by atoms with Gasteiger partial charge in [-0.3, -0.25) is 0 Å². The van der Waals surface area contributed by atoms with Crippen LogP contribution in [0.3, 0.4) is 0 Å². The van der Waals surface area contributed by atoms with Crippen LogP contribution in [0.1, 0.15) is 32.6 Å². The van der Waals surface area contributed by atoms with Gasteiger partial charge in [-0.05, 0) is 25.8 Å². The minimum Gasteiger partial charge on any atom is -0.315 e. The molecule has 1 atom stereocenters. The molecule has 0 aromatic carbocycles. The van der Waals surface area contributed by atoms with Crippen LogP contribution < -0.4 is 10.6 Å². The fourth-order valence-electron chi connectivity index (χ4n) is 1.99. The van der Waals surface area contributed by atoms with Crippen LogP contribution in [0.15, 0.2) is 0 Å². The zero-order chi connectivity index (χ0) is 11.9. The normalized spacial score (nSPS) is 24.4. The lowest BCUT2D eigenvalue weighted by atomic mass is 10.2. The van der Waals surface area contributed by atoms with E-state index in [9.17, 15) is 8.42 Å². The smallest absolute Gasteiger partial charge is 0.154 e. The number of hydrogen-bond donors (Lipinski definition) is 2. The molecule has 0 bridgehead atoms. The minimum absolute atomic E-state index is 0.146. The van der Waals surface area contributed by atoms with E-state index >= 15 is 0 Å². The van der Waals surface area contributed by atoms with Gasteiger partial charge in [0.25, 0.3) is 0 Å². The summed E-state index contributed by atoms with van der Waals surface area (Å²) in [5.74, 6) is 0.382. The van der Waals surface area contributed by atoms with Gasteiger partial charge in [-0.15, -0.1) is 0 Å². The zero-order valence-electron chi connectivity index (χ0n) is 10.2. The van der Waals surface area contributed by atoms with Crippen LogP contribution in [0.2, 0.25) is 0 Å². The van der Waals surface area contributed by atoms with E-state index in [0.717, 1.165) is 45.3 Å². The standard InChI is InChI=1S/C11H24N2O2S/c1-2-6-12-7-8-13-10-11-5-3-4-9-16(11,14)15/h11-13H,2-10H2,1H3. The van der Waals surface area contributed by atoms with E-state index in [1.165, 1.54) is 0 Å². The Bertz CT molecular complexity index is 278. The Morgan fingerprint density at radius 1 is 1.12 bits per heavy atom. The molecule has 5 heteroatoms. The Hall–Kier alpha value is -0.130. The van der Waals surface area contributed by atoms with Crippen molar-refractivity contribution in [2.45, 2.75) is 37.9 Å². The minimum atomic E-state index is -2.80. The van der Waals surface area contributed by atoms with Gasteiger partial charge in [0.2, 0.25) is 0 Å². The molecule has 0 saturated carbocycles. The molecule has 16 heavy (non-hydrogen) atoms. The molecule has 96 valence electrons. The maximum atomic E-state index is 11.7. The summed E-state index contributed by atoms with van der Waals surface area (Å²) >= 11 is 0. The fourth-order valence-corrected chi connectivity index (χ4v) is 3.83. The van der Waals surface area contributed by atoms with Gasteiger partial charge in [-0.1, -0.05) is 13.3 Å². The molecule has 1 unspecified atom stereocenters. The number of rotatable bonds is 7. The molecule has 1 fully saturated rings. The molecule has 1 saturated heterocycles. The Kier molecular flexibility index (Phi) is 6.31. The SMILES string of the molecule is CCCNCCNCC1CCCCS1(=O)=O. The summed E-state index contributed by atoms with van der Waals surface area (Å²) in [5.41, 5.74) is 0. The van der Waals surface area contributed by atoms with Crippen molar-refractivity contribution in [3.05, 3.63) is 0 Å². The number of nitrogens with one attached hydrogen (secondary N) is 2. The van der Waals surface area contributed by atoms with Crippen LogP contribution in [0.4, 0.5) is 0 Å². The Balaban J connectivity index is 2.12. The van der Waals surface area contributed by atoms with E-state index in [1.807, 2.05) is 0 Å². The topological polar surface area (TPSA) is 58.2 Å². The lowest BCUT2D eigenvalue weighted by Crippen LogP contribution is -2.39. The highest BCUT2D eigenvalue weighted by atomic mass is 32.2. The second-order valence-corrected chi connectivity index (χ2v) is 6.84. The van der Waals surface area contributed by atoms with Gasteiger partial charge in [-0.2, -0.15) is 0 Å². The first-order chi connectivity index (χ1) is 7.67. The monoisotopic (exact) mass is 248 g/mol. The first-order valence-electron chi connectivity index (χ1n) is 6.30. The van der Waals surface area contributed by atoms with Crippen molar-refractivity contribution in [3.8, 4) is 0 Å². The Morgan fingerprint density at radius 3 is 2.56 bits per heavy atom. The maximum absolute atomic E-state index is 11.7. The zero-order valence-corrected chi connectivity index (χ0v) is 11.0. The number of sulfone groups is 1. The molecule has 2 N–H and O–H groups in total. The molecule has 0 spiro atoms. The van der Waals surface area contributed by atoms with Gasteiger partial charge in [0.15, 0.2) is 9.84 Å². The second kappa shape index (κ2) is 7.25. The average molecular weight is 248 g/mol. The van der Waals surface area contributed by atoms with Gasteiger partial charge < -0.3 is 10.6 Å². The van der Waals surface area contributed by atoms with E-state index in [1.54, 1.807) is 0 Å². The summed E-state index contributed by atoms with van der Waals surface area (Å²) in [6.45, 7) is 5.56. The summed E-state index contributed by atoms with van der Waals surface area (Å²) in [4.78, 5) is 0. The van der Waals surface area contributed by atoms with Crippen molar-refractivity contribution >= 4 is 9.84 Å². The molecule has 4 nitrogen and oxygen atoms in total. The largest absolute Gasteiger partial charge is 0.315 e. The summed E-state index contributed by atoms with van der Waals surface area (Å²) in [5, 5.41) is 6.36. The fraction of sp³-hybridized carbons (Fsp3) is 1.00. The molecular weight excluding hydrogens is 224 g/mol. The highest BCUT2D eigenvalue weighted by Crippen LogP contribution is 2.18. The third-order valence-corrected chi connectivity index (χ3v) is 5.27. The molecule has 0 radical (unpaired) electrons. The van der Waals surface area contributed by atoms with Crippen LogP contribution in [-0.4, -0.2) is 45.6 Å². The third-order valence-electron chi connectivity index (χ3n) is 2.99. The molecule has 0 aromatic rings. The van der Waals surface area contributed by atoms with Gasteiger partial charge in [0.1, 0.15) is 0 Å². The lowest BCUT2D eigenvalue weighted by Gasteiger charge is -2.22. The predicted octanol–water partition coefficient (Wildman–Crippen LogP) is 0.543. The van der Waals surface area contributed by atoms with E-state index in [0.29, 0.717) is 12.3 Å². The lowest BCUT2D eigenvalue weighted by molar-refractivity contribution is 0.516. The molecule has 0 aliphatic carbocycles. The van der Waals surface area contributed by atoms with Crippen molar-refractivity contribution in [3.63, 3.8) is 0 Å². The van der Waals surface area contributed by atoms with Crippen molar-refractivity contribution < 1.29 is 8.42 Å². The summed E-state index contributed by atoms with van der Waals surface area (Å²) in [6, 6.07) is 0. The molecule has 0 amide bonds. The highest BCUT2D eigenvalue weighted by molar-refractivity contribution is 7.92. The van der Waals surface area contributed by atoms with Crippen LogP contribution in [0.5, 0.6) is 0 Å². The number of hydrogen-bond acceptors (Lipinski definition) is 4. The second-order valence-electron chi connectivity index (χ2n) is 4.44. The summed E-state index contributed by atoms with van der Waals surface area (Å²) in [6.07, 6.45) is 3.87. The van der Waals surface area contributed by atoms with Gasteiger partial charge in [0, 0.05) is 19.6 Å². The summed E-state index contributed by atoms with van der Waals surface area (Å²) in [7, 11) is -2.80. The molecule has 1 aliphatic rings. The first kappa shape index (κ1) is 13.9. The molecular formula is C11H24N2O2S. The van der Waals surface area contributed by atoms with E-state index in [-0.39, 0.29) is 5.25 Å². The van der Waals surface area contributed by atoms with Crippen LogP contribution >= 0.6 is 0 Å². The van der Waals surface area contributed by atoms with Crippen LogP contribution in [0, 0.1) is 0 Å². The van der Waals surface area contributed by atoms with Crippen molar-refractivity contribution in [2.75, 3.05) is 31.9 Å². The molecule has 1 heterocycles. The van der Waals surface area contributed by atoms with Crippen LogP contribution in [-0.2, 0) is 9.84 Å². The van der Waals surface area contributed by atoms with Crippen LogP contribution in [0.25, 0.3) is 0 Å². The Morgan fingerprint density at radius 2 is 1.88 bits per heavy atom. The van der Waals surface area contributed by atoms with Crippen molar-refractivity contribution in [1.29, 1.82) is 0 Å². The quantitative estimate of drug-likeness (QED) is 0.646. The van der Waals surface area contributed by atoms with Gasteiger partial charge in [0.05, 0.1) is 11.0 Å². The Labute approximate surface area is 99.1 Å². The van der Waals surface area contributed by atoms with Crippen molar-refractivity contribution in [1.82, 2.24) is 10.6 Å². The summed E-state index contributed by atoms with van der Waals surface area (Å²) < 4.78 is 23.4. The molecule has 1 aliphatic heterocycles. The highest BCUT2D eigenvalue weighted by Gasteiger charge is 2.27. The average Bonchev–Trinajstić information content (AvgIpc) is 2.25. The van der Waals surface area contributed by atoms with Crippen molar-refractivity contribution in [2.24, 2.45) is 0 Å². The molecule has 1 rings (SSSR count). The maximum Gasteiger partial charge on any atom is 0.154 e.